The van der Waals surface area contributed by atoms with Gasteiger partial charge in [-0.05, 0) is 50.0 Å². The molecule has 2 aromatic carbocycles. The Morgan fingerprint density at radius 3 is 2.80 bits per heavy atom. The third kappa shape index (κ3) is 6.15. The molecular weight excluding hydrogens is 392 g/mol. The third-order valence-electron chi connectivity index (χ3n) is 5.14. The van der Waals surface area contributed by atoms with E-state index in [0.29, 0.717) is 0 Å². The number of likely N-dealkylation sites (tertiary alicyclic amines) is 1. The fourth-order valence-corrected chi connectivity index (χ4v) is 4.24. The average Bonchev–Trinajstić information content (AvgIpc) is 3.27. The highest BCUT2D eigenvalue weighted by molar-refractivity contribution is 7.14. The molecule has 1 N–H and O–H groups in total. The standard InChI is InChI=1S/C24H28N4OS/c1-3-10-21(11-4-1)23-19-30-24(26-23)27-25-18-20-9-7-12-22(17-20)29-16-8-15-28-13-5-2-6-14-28/h1,3-4,7,9-12,17-19H,2,5-6,8,13-16H2,(H,26,27). The van der Waals surface area contributed by atoms with Crippen molar-refractivity contribution in [3.8, 4) is 17.0 Å². The molecule has 1 saturated heterocycles. The Morgan fingerprint density at radius 2 is 1.93 bits per heavy atom. The highest BCUT2D eigenvalue weighted by atomic mass is 32.1. The summed E-state index contributed by atoms with van der Waals surface area (Å²) >= 11 is 1.54. The van der Waals surface area contributed by atoms with Crippen molar-refractivity contribution >= 4 is 22.7 Å². The molecule has 0 atom stereocenters. The molecule has 2 heterocycles. The van der Waals surface area contributed by atoms with Crippen LogP contribution in [-0.4, -0.2) is 42.3 Å². The number of ether oxygens (including phenoxy) is 1. The van der Waals surface area contributed by atoms with Gasteiger partial charge in [-0.15, -0.1) is 11.3 Å². The maximum atomic E-state index is 5.94. The summed E-state index contributed by atoms with van der Waals surface area (Å²) in [6.07, 6.45) is 6.92. The Hall–Kier alpha value is -2.70. The highest BCUT2D eigenvalue weighted by Gasteiger charge is 2.09. The largest absolute Gasteiger partial charge is 0.494 e. The predicted molar refractivity (Wildman–Crippen MR) is 126 cm³/mol. The topological polar surface area (TPSA) is 49.8 Å². The van der Waals surface area contributed by atoms with Gasteiger partial charge in [-0.25, -0.2) is 4.98 Å². The summed E-state index contributed by atoms with van der Waals surface area (Å²) in [5, 5.41) is 7.13. The van der Waals surface area contributed by atoms with Crippen LogP contribution in [0, 0.1) is 0 Å². The van der Waals surface area contributed by atoms with E-state index >= 15 is 0 Å². The van der Waals surface area contributed by atoms with Gasteiger partial charge in [0.05, 0.1) is 18.5 Å². The number of rotatable bonds is 9. The number of hydrogen-bond donors (Lipinski definition) is 1. The van der Waals surface area contributed by atoms with E-state index in [1.54, 1.807) is 17.6 Å². The maximum Gasteiger partial charge on any atom is 0.203 e. The summed E-state index contributed by atoms with van der Waals surface area (Å²) in [5.41, 5.74) is 6.08. The second-order valence-corrected chi connectivity index (χ2v) is 8.31. The number of nitrogens with zero attached hydrogens (tertiary/aromatic N) is 3. The molecule has 30 heavy (non-hydrogen) atoms. The van der Waals surface area contributed by atoms with Gasteiger partial charge in [0.15, 0.2) is 0 Å². The van der Waals surface area contributed by atoms with Crippen LogP contribution in [0.15, 0.2) is 65.1 Å². The zero-order valence-electron chi connectivity index (χ0n) is 17.2. The van der Waals surface area contributed by atoms with Crippen molar-refractivity contribution in [1.29, 1.82) is 0 Å². The van der Waals surface area contributed by atoms with E-state index in [4.69, 9.17) is 4.74 Å². The molecule has 0 aliphatic carbocycles. The minimum atomic E-state index is 0.747. The van der Waals surface area contributed by atoms with Crippen molar-refractivity contribution < 1.29 is 4.74 Å². The first-order valence-corrected chi connectivity index (χ1v) is 11.5. The number of hydrogen-bond acceptors (Lipinski definition) is 6. The minimum Gasteiger partial charge on any atom is -0.494 e. The van der Waals surface area contributed by atoms with E-state index in [1.165, 1.54) is 32.4 Å². The molecule has 0 saturated carbocycles. The molecule has 5 nitrogen and oxygen atoms in total. The zero-order valence-corrected chi connectivity index (χ0v) is 18.0. The first-order chi connectivity index (χ1) is 14.9. The lowest BCUT2D eigenvalue weighted by Gasteiger charge is -2.26. The van der Waals surface area contributed by atoms with Gasteiger partial charge >= 0.3 is 0 Å². The number of aromatic nitrogens is 1. The SMILES string of the molecule is C(=NNc1nc(-c2ccccc2)cs1)c1cccc(OCCCN2CCCCC2)c1. The summed E-state index contributed by atoms with van der Waals surface area (Å²) < 4.78 is 5.94. The summed E-state index contributed by atoms with van der Waals surface area (Å²) in [5.74, 6) is 0.887. The molecule has 6 heteroatoms. The number of thiazole rings is 1. The van der Waals surface area contributed by atoms with Crippen molar-refractivity contribution in [1.82, 2.24) is 9.88 Å². The summed E-state index contributed by atoms with van der Waals surface area (Å²) in [7, 11) is 0. The zero-order chi connectivity index (χ0) is 20.4. The van der Waals surface area contributed by atoms with Crippen LogP contribution in [-0.2, 0) is 0 Å². The van der Waals surface area contributed by atoms with E-state index in [9.17, 15) is 0 Å². The monoisotopic (exact) mass is 420 g/mol. The Morgan fingerprint density at radius 1 is 1.07 bits per heavy atom. The molecule has 1 aromatic heterocycles. The van der Waals surface area contributed by atoms with Gasteiger partial charge in [-0.2, -0.15) is 5.10 Å². The van der Waals surface area contributed by atoms with Crippen molar-refractivity contribution in [2.45, 2.75) is 25.7 Å². The lowest BCUT2D eigenvalue weighted by molar-refractivity contribution is 0.205. The van der Waals surface area contributed by atoms with Crippen molar-refractivity contribution in [3.05, 3.63) is 65.5 Å². The van der Waals surface area contributed by atoms with Crippen LogP contribution >= 0.6 is 11.3 Å². The van der Waals surface area contributed by atoms with Crippen LogP contribution in [0.1, 0.15) is 31.2 Å². The van der Waals surface area contributed by atoms with E-state index in [1.807, 2.05) is 47.8 Å². The van der Waals surface area contributed by atoms with Gasteiger partial charge in [-0.3, -0.25) is 5.43 Å². The summed E-state index contributed by atoms with van der Waals surface area (Å²) in [6.45, 7) is 4.36. The minimum absolute atomic E-state index is 0.747. The van der Waals surface area contributed by atoms with Gasteiger partial charge < -0.3 is 9.64 Å². The molecule has 0 radical (unpaired) electrons. The Balaban J connectivity index is 1.24. The van der Waals surface area contributed by atoms with E-state index < -0.39 is 0 Å². The van der Waals surface area contributed by atoms with Crippen LogP contribution in [0.4, 0.5) is 5.13 Å². The molecule has 156 valence electrons. The molecule has 1 fully saturated rings. The summed E-state index contributed by atoms with van der Waals surface area (Å²) in [4.78, 5) is 7.13. The predicted octanol–water partition coefficient (Wildman–Crippen LogP) is 5.51. The van der Waals surface area contributed by atoms with Gasteiger partial charge in [0, 0.05) is 17.5 Å². The van der Waals surface area contributed by atoms with Gasteiger partial charge in [-0.1, -0.05) is 48.9 Å². The molecule has 0 unspecified atom stereocenters. The quantitative estimate of drug-likeness (QED) is 0.282. The van der Waals surface area contributed by atoms with Crippen LogP contribution in [0.25, 0.3) is 11.3 Å². The molecule has 0 bridgehead atoms. The van der Waals surface area contributed by atoms with Crippen LogP contribution < -0.4 is 10.2 Å². The van der Waals surface area contributed by atoms with Crippen molar-refractivity contribution in [3.63, 3.8) is 0 Å². The Kier molecular flexibility index (Phi) is 7.47. The molecule has 1 aliphatic heterocycles. The average molecular weight is 421 g/mol. The molecular formula is C24H28N4OS. The third-order valence-corrected chi connectivity index (χ3v) is 5.89. The van der Waals surface area contributed by atoms with Crippen LogP contribution in [0.2, 0.25) is 0 Å². The van der Waals surface area contributed by atoms with Gasteiger partial charge in [0.25, 0.3) is 0 Å². The maximum absolute atomic E-state index is 5.94. The Labute approximate surface area is 182 Å². The molecule has 3 aromatic rings. The first-order valence-electron chi connectivity index (χ1n) is 10.6. The lowest BCUT2D eigenvalue weighted by Crippen LogP contribution is -2.31. The van der Waals surface area contributed by atoms with Gasteiger partial charge in [0.1, 0.15) is 5.75 Å². The van der Waals surface area contributed by atoms with Crippen LogP contribution in [0.5, 0.6) is 5.75 Å². The van der Waals surface area contributed by atoms with E-state index in [2.05, 4.69) is 32.5 Å². The number of hydrazone groups is 1. The first kappa shape index (κ1) is 20.6. The highest BCUT2D eigenvalue weighted by Crippen LogP contribution is 2.24. The fourth-order valence-electron chi connectivity index (χ4n) is 3.57. The molecule has 0 spiro atoms. The number of nitrogens with one attached hydrogen (secondary N) is 1. The van der Waals surface area contributed by atoms with E-state index in [-0.39, 0.29) is 0 Å². The number of benzene rings is 2. The lowest BCUT2D eigenvalue weighted by atomic mass is 10.1. The van der Waals surface area contributed by atoms with Gasteiger partial charge in [0.2, 0.25) is 5.13 Å². The molecule has 4 rings (SSSR count). The second kappa shape index (κ2) is 10.9. The fraction of sp³-hybridized carbons (Fsp3) is 0.333. The van der Waals surface area contributed by atoms with Crippen LogP contribution in [0.3, 0.4) is 0 Å². The summed E-state index contributed by atoms with van der Waals surface area (Å²) in [6, 6.07) is 18.2. The second-order valence-electron chi connectivity index (χ2n) is 7.45. The number of piperidine rings is 1. The Bertz CT molecular complexity index is 935. The number of anilines is 1. The molecule has 0 amide bonds. The van der Waals surface area contributed by atoms with Crippen molar-refractivity contribution in [2.75, 3.05) is 31.7 Å². The van der Waals surface area contributed by atoms with Crippen molar-refractivity contribution in [2.24, 2.45) is 5.10 Å². The smallest absolute Gasteiger partial charge is 0.203 e. The normalized spacial score (nSPS) is 14.8. The van der Waals surface area contributed by atoms with E-state index in [0.717, 1.165) is 47.3 Å². The molecule has 1 aliphatic rings.